The van der Waals surface area contributed by atoms with Crippen molar-refractivity contribution in [2.24, 2.45) is 0 Å². The Morgan fingerprint density at radius 3 is 2.50 bits per heavy atom. The summed E-state index contributed by atoms with van der Waals surface area (Å²) in [6.07, 6.45) is -1.81. The summed E-state index contributed by atoms with van der Waals surface area (Å²) in [5, 5.41) is 9.99. The molecule has 1 amide bonds. The number of carbonyl (C=O) groups is 2. The molecule has 1 saturated heterocycles. The quantitative estimate of drug-likeness (QED) is 0.468. The molecule has 2 N–H and O–H groups in total. The summed E-state index contributed by atoms with van der Waals surface area (Å²) in [6, 6.07) is 0. The van der Waals surface area contributed by atoms with E-state index in [1.54, 1.807) is 0 Å². The van der Waals surface area contributed by atoms with E-state index >= 15 is 0 Å². The second kappa shape index (κ2) is 1.36. The Labute approximate surface area is 44.2 Å². The minimum Gasteiger partial charge on any atom is -0.477 e. The lowest BCUT2D eigenvalue weighted by atomic mass is 10.5. The van der Waals surface area contributed by atoms with Gasteiger partial charge in [0.2, 0.25) is 0 Å². The highest BCUT2D eigenvalue weighted by Gasteiger charge is 2.33. The predicted molar refractivity (Wildman–Crippen MR) is 21.0 cm³/mol. The highest BCUT2D eigenvalue weighted by atomic mass is 16.6. The number of cyclic esters (lactones) is 1. The van der Waals surface area contributed by atoms with E-state index in [1.807, 2.05) is 5.32 Å². The molecule has 8 heavy (non-hydrogen) atoms. The van der Waals surface area contributed by atoms with Crippen LogP contribution in [0.25, 0.3) is 0 Å². The Bertz CT molecular complexity index is 134. The third-order valence-electron chi connectivity index (χ3n) is 0.698. The van der Waals surface area contributed by atoms with Crippen molar-refractivity contribution in [1.29, 1.82) is 0 Å². The van der Waals surface area contributed by atoms with Crippen LogP contribution in [0.15, 0.2) is 0 Å². The number of ether oxygens (including phenoxy) is 1. The third-order valence-corrected chi connectivity index (χ3v) is 0.698. The topological polar surface area (TPSA) is 75.6 Å². The van der Waals surface area contributed by atoms with E-state index in [-0.39, 0.29) is 0 Å². The van der Waals surface area contributed by atoms with Gasteiger partial charge in [-0.1, -0.05) is 0 Å². The average molecular weight is 117 g/mol. The van der Waals surface area contributed by atoms with Gasteiger partial charge in [-0.15, -0.1) is 0 Å². The fourth-order valence-electron chi connectivity index (χ4n) is 0.332. The molecule has 1 fully saturated rings. The summed E-state index contributed by atoms with van der Waals surface area (Å²) in [4.78, 5) is 19.6. The van der Waals surface area contributed by atoms with Crippen LogP contribution in [0.2, 0.25) is 0 Å². The number of hydrogen-bond acceptors (Lipinski definition) is 3. The van der Waals surface area contributed by atoms with Gasteiger partial charge >= 0.3 is 12.1 Å². The van der Waals surface area contributed by atoms with Crippen LogP contribution in [-0.4, -0.2) is 23.4 Å². The summed E-state index contributed by atoms with van der Waals surface area (Å²) >= 11 is 0. The molecule has 0 radical (unpaired) electrons. The van der Waals surface area contributed by atoms with E-state index in [1.165, 1.54) is 0 Å². The standard InChI is InChI=1S/C3H3NO4/c5-2(6)1-4-3(7)8-1/h1H,(H,4,7)(H,5,6). The molecule has 0 bridgehead atoms. The summed E-state index contributed by atoms with van der Waals surface area (Å²) in [7, 11) is 0. The van der Waals surface area contributed by atoms with Crippen LogP contribution in [0.3, 0.4) is 0 Å². The molecule has 1 aliphatic rings. The van der Waals surface area contributed by atoms with Crippen LogP contribution < -0.4 is 5.32 Å². The van der Waals surface area contributed by atoms with Crippen molar-refractivity contribution < 1.29 is 19.4 Å². The van der Waals surface area contributed by atoms with Gasteiger partial charge in [0.1, 0.15) is 0 Å². The van der Waals surface area contributed by atoms with Crippen molar-refractivity contribution in [3.63, 3.8) is 0 Å². The first kappa shape index (κ1) is 4.89. The molecule has 5 heteroatoms. The zero-order chi connectivity index (χ0) is 6.15. The van der Waals surface area contributed by atoms with Gasteiger partial charge in [0.05, 0.1) is 0 Å². The molecule has 1 aliphatic heterocycles. The lowest BCUT2D eigenvalue weighted by Crippen LogP contribution is -2.55. The second-order valence-corrected chi connectivity index (χ2v) is 1.27. The Morgan fingerprint density at radius 2 is 2.38 bits per heavy atom. The van der Waals surface area contributed by atoms with E-state index in [2.05, 4.69) is 4.74 Å². The van der Waals surface area contributed by atoms with Gasteiger partial charge in [-0.25, -0.2) is 9.59 Å². The lowest BCUT2D eigenvalue weighted by Gasteiger charge is -2.22. The number of carbonyl (C=O) groups excluding carboxylic acids is 1. The first-order valence-corrected chi connectivity index (χ1v) is 1.90. The molecule has 0 spiro atoms. The SMILES string of the molecule is O=C1NC(C(=O)O)O1. The van der Waals surface area contributed by atoms with Crippen molar-refractivity contribution in [3.8, 4) is 0 Å². The van der Waals surface area contributed by atoms with Crippen LogP contribution in [0.5, 0.6) is 0 Å². The largest absolute Gasteiger partial charge is 0.477 e. The first-order valence-electron chi connectivity index (χ1n) is 1.90. The lowest BCUT2D eigenvalue weighted by molar-refractivity contribution is -0.153. The second-order valence-electron chi connectivity index (χ2n) is 1.27. The average Bonchev–Trinajstić information content (AvgIpc) is 1.57. The molecule has 1 rings (SSSR count). The van der Waals surface area contributed by atoms with Gasteiger partial charge in [0, 0.05) is 0 Å². The Balaban J connectivity index is 2.35. The van der Waals surface area contributed by atoms with Crippen molar-refractivity contribution in [3.05, 3.63) is 0 Å². The highest BCUT2D eigenvalue weighted by Crippen LogP contribution is 1.98. The number of nitrogens with one attached hydrogen (secondary N) is 1. The molecule has 1 unspecified atom stereocenters. The van der Waals surface area contributed by atoms with Crippen molar-refractivity contribution in [1.82, 2.24) is 5.32 Å². The molecule has 0 saturated carbocycles. The number of hydrogen-bond donors (Lipinski definition) is 2. The van der Waals surface area contributed by atoms with Crippen LogP contribution in [-0.2, 0) is 9.53 Å². The molecular formula is C3H3NO4. The van der Waals surface area contributed by atoms with Gasteiger partial charge in [-0.3, -0.25) is 5.32 Å². The van der Waals surface area contributed by atoms with Crippen molar-refractivity contribution in [2.75, 3.05) is 0 Å². The smallest absolute Gasteiger partial charge is 0.412 e. The Hall–Kier alpha value is -1.26. The first-order chi connectivity index (χ1) is 3.70. The van der Waals surface area contributed by atoms with Crippen LogP contribution >= 0.6 is 0 Å². The summed E-state index contributed by atoms with van der Waals surface area (Å²) in [5.41, 5.74) is 0. The van der Waals surface area contributed by atoms with Crippen molar-refractivity contribution >= 4 is 12.1 Å². The van der Waals surface area contributed by atoms with E-state index in [9.17, 15) is 9.59 Å². The monoisotopic (exact) mass is 117 g/mol. The fraction of sp³-hybridized carbons (Fsp3) is 0.333. The molecular weight excluding hydrogens is 114 g/mol. The number of rotatable bonds is 1. The minimum absolute atomic E-state index is 0.683. The van der Waals surface area contributed by atoms with Crippen LogP contribution in [0.4, 0.5) is 4.79 Å². The molecule has 0 aromatic heterocycles. The molecule has 0 aliphatic carbocycles. The van der Waals surface area contributed by atoms with Crippen LogP contribution in [0.1, 0.15) is 0 Å². The Kier molecular flexibility index (Phi) is 0.831. The van der Waals surface area contributed by atoms with E-state index in [0.717, 1.165) is 0 Å². The number of aliphatic carboxylic acids is 1. The molecule has 0 aromatic rings. The maximum Gasteiger partial charge on any atom is 0.412 e. The van der Waals surface area contributed by atoms with Gasteiger partial charge < -0.3 is 9.84 Å². The molecule has 44 valence electrons. The van der Waals surface area contributed by atoms with E-state index < -0.39 is 18.3 Å². The minimum atomic E-state index is -1.18. The van der Waals surface area contributed by atoms with Gasteiger partial charge in [0.25, 0.3) is 6.23 Å². The summed E-state index contributed by atoms with van der Waals surface area (Å²) < 4.78 is 4.05. The van der Waals surface area contributed by atoms with E-state index in [0.29, 0.717) is 0 Å². The van der Waals surface area contributed by atoms with Gasteiger partial charge in [0.15, 0.2) is 0 Å². The number of amides is 1. The highest BCUT2D eigenvalue weighted by molar-refractivity contribution is 5.85. The number of carboxylic acids is 1. The van der Waals surface area contributed by atoms with Gasteiger partial charge in [-0.2, -0.15) is 0 Å². The zero-order valence-corrected chi connectivity index (χ0v) is 3.75. The summed E-state index contributed by atoms with van der Waals surface area (Å²) in [6.45, 7) is 0. The number of carboxylic acid groups (broad SMARTS) is 1. The maximum atomic E-state index is 9.82. The van der Waals surface area contributed by atoms with Crippen molar-refractivity contribution in [2.45, 2.75) is 6.23 Å². The maximum absolute atomic E-state index is 9.82. The third kappa shape index (κ3) is 0.575. The van der Waals surface area contributed by atoms with E-state index in [4.69, 9.17) is 5.11 Å². The molecule has 0 aromatic carbocycles. The molecule has 5 nitrogen and oxygen atoms in total. The van der Waals surface area contributed by atoms with Gasteiger partial charge in [-0.05, 0) is 0 Å². The fourth-order valence-corrected chi connectivity index (χ4v) is 0.332. The van der Waals surface area contributed by atoms with Crippen LogP contribution in [0, 0.1) is 0 Å². The molecule has 1 heterocycles. The zero-order valence-electron chi connectivity index (χ0n) is 3.75. The summed E-state index contributed by atoms with van der Waals surface area (Å²) in [5.74, 6) is -1.18. The Morgan fingerprint density at radius 1 is 1.88 bits per heavy atom. The normalized spacial score (nSPS) is 25.0. The molecule has 1 atom stereocenters. The predicted octanol–water partition coefficient (Wildman–Crippen LogP) is -0.863.